The first-order chi connectivity index (χ1) is 14.9. The monoisotopic (exact) mass is 424 g/mol. The molecule has 31 heavy (non-hydrogen) atoms. The van der Waals surface area contributed by atoms with E-state index in [1.165, 1.54) is 45.8 Å². The van der Waals surface area contributed by atoms with Crippen LogP contribution in [-0.2, 0) is 6.54 Å². The first-order valence-corrected chi connectivity index (χ1v) is 9.04. The number of nitriles is 1. The summed E-state index contributed by atoms with van der Waals surface area (Å²) in [5.41, 5.74) is -0.366. The lowest BCUT2D eigenvalue weighted by Crippen LogP contribution is -2.30. The van der Waals surface area contributed by atoms with Crippen molar-refractivity contribution in [2.75, 3.05) is 6.61 Å². The molecule has 0 aliphatic rings. The highest BCUT2D eigenvalue weighted by molar-refractivity contribution is 5.65. The highest BCUT2D eigenvalue weighted by Gasteiger charge is 2.13. The second-order valence-corrected chi connectivity index (χ2v) is 6.50. The molecule has 10 heteroatoms. The van der Waals surface area contributed by atoms with Crippen molar-refractivity contribution in [1.82, 2.24) is 14.0 Å². The van der Waals surface area contributed by atoms with Crippen LogP contribution in [0.4, 0.5) is 8.78 Å². The van der Waals surface area contributed by atoms with E-state index in [9.17, 15) is 18.4 Å². The number of aromatic amines is 1. The molecule has 4 aromatic rings. The quantitative estimate of drug-likeness (QED) is 0.513. The summed E-state index contributed by atoms with van der Waals surface area (Å²) in [7, 11) is 0. The van der Waals surface area contributed by atoms with E-state index in [0.717, 1.165) is 18.2 Å². The summed E-state index contributed by atoms with van der Waals surface area (Å²) in [4.78, 5) is 25.0. The normalized spacial score (nSPS) is 10.7. The molecule has 0 unspecified atom stereocenters. The van der Waals surface area contributed by atoms with Gasteiger partial charge in [0.1, 0.15) is 24.3 Å². The third-order valence-corrected chi connectivity index (χ3v) is 4.37. The van der Waals surface area contributed by atoms with Crippen LogP contribution < -0.4 is 20.7 Å². The molecular formula is C21H14F2N4O4. The van der Waals surface area contributed by atoms with Crippen LogP contribution in [0.25, 0.3) is 5.52 Å². The van der Waals surface area contributed by atoms with Crippen molar-refractivity contribution in [2.24, 2.45) is 0 Å². The molecule has 0 aliphatic carbocycles. The van der Waals surface area contributed by atoms with Gasteiger partial charge in [-0.3, -0.25) is 14.3 Å². The molecule has 0 aliphatic heterocycles. The summed E-state index contributed by atoms with van der Waals surface area (Å²) in [6.45, 7) is 0.0496. The number of H-pyrrole nitrogens is 1. The van der Waals surface area contributed by atoms with E-state index < -0.39 is 22.9 Å². The summed E-state index contributed by atoms with van der Waals surface area (Å²) in [6.07, 6.45) is 3.97. The van der Waals surface area contributed by atoms with Crippen LogP contribution in [0.1, 0.15) is 5.56 Å². The maximum Gasteiger partial charge on any atom is 0.328 e. The molecule has 3 aromatic heterocycles. The molecule has 8 nitrogen and oxygen atoms in total. The zero-order chi connectivity index (χ0) is 22.0. The minimum Gasteiger partial charge on any atom is -0.488 e. The zero-order valence-electron chi connectivity index (χ0n) is 15.8. The second kappa shape index (κ2) is 8.16. The van der Waals surface area contributed by atoms with E-state index in [4.69, 9.17) is 14.7 Å². The number of hydrogen-bond acceptors (Lipinski definition) is 5. The van der Waals surface area contributed by atoms with E-state index in [2.05, 4.69) is 4.98 Å². The zero-order valence-corrected chi connectivity index (χ0v) is 15.8. The number of ether oxygens (including phenoxy) is 2. The van der Waals surface area contributed by atoms with Gasteiger partial charge < -0.3 is 13.9 Å². The molecule has 0 bridgehead atoms. The molecule has 0 fully saturated rings. The van der Waals surface area contributed by atoms with Gasteiger partial charge in [0.15, 0.2) is 17.2 Å². The van der Waals surface area contributed by atoms with Gasteiger partial charge in [-0.15, -0.1) is 0 Å². The van der Waals surface area contributed by atoms with Gasteiger partial charge in [0.25, 0.3) is 5.56 Å². The molecule has 156 valence electrons. The molecule has 3 heterocycles. The van der Waals surface area contributed by atoms with Crippen LogP contribution >= 0.6 is 0 Å². The smallest absolute Gasteiger partial charge is 0.328 e. The lowest BCUT2D eigenvalue weighted by atomic mass is 10.3. The number of hydrogen-bond donors (Lipinski definition) is 1. The minimum atomic E-state index is -0.601. The molecule has 0 spiro atoms. The average Bonchev–Trinajstić information content (AvgIpc) is 3.14. The summed E-state index contributed by atoms with van der Waals surface area (Å²) in [5.74, 6) is -0.920. The number of aromatic nitrogens is 3. The molecule has 0 amide bonds. The Balaban J connectivity index is 1.60. The molecule has 0 saturated carbocycles. The fourth-order valence-electron chi connectivity index (χ4n) is 2.97. The van der Waals surface area contributed by atoms with Gasteiger partial charge in [-0.05, 0) is 18.2 Å². The SMILES string of the molecule is N#Cc1cc2c(Oc3ccc(F)cc3OCCn3ccc(=O)[nH]c3=O)cc(F)cn2c1. The Hall–Kier alpha value is -4.39. The molecule has 0 saturated heterocycles. The highest BCUT2D eigenvalue weighted by atomic mass is 19.1. The van der Waals surface area contributed by atoms with Crippen molar-refractivity contribution >= 4 is 5.52 Å². The standard InChI is InChI=1S/C21H14F2N4O4/c22-14-1-2-17(19(8-14)30-6-5-26-4-3-20(28)25-21(26)29)31-18-9-15(23)12-27-11-13(10-24)7-16(18)27/h1-4,7-9,11-12H,5-6H2,(H,25,28,29). The second-order valence-electron chi connectivity index (χ2n) is 6.50. The fourth-order valence-corrected chi connectivity index (χ4v) is 2.97. The predicted octanol–water partition coefficient (Wildman–Crippen LogP) is 2.81. The van der Waals surface area contributed by atoms with Crippen molar-refractivity contribution in [3.8, 4) is 23.3 Å². The van der Waals surface area contributed by atoms with Crippen molar-refractivity contribution in [1.29, 1.82) is 5.26 Å². The lowest BCUT2D eigenvalue weighted by molar-refractivity contribution is 0.281. The number of nitrogens with one attached hydrogen (secondary N) is 1. The average molecular weight is 424 g/mol. The number of benzene rings is 1. The molecule has 4 rings (SSSR count). The van der Waals surface area contributed by atoms with Crippen LogP contribution in [0.2, 0.25) is 0 Å². The maximum absolute atomic E-state index is 14.0. The number of fused-ring (bicyclic) bond motifs is 1. The molecule has 1 aromatic carbocycles. The maximum atomic E-state index is 14.0. The number of nitrogens with zero attached hydrogens (tertiary/aromatic N) is 3. The Morgan fingerprint density at radius 3 is 2.58 bits per heavy atom. The molecule has 1 N–H and O–H groups in total. The van der Waals surface area contributed by atoms with E-state index in [0.29, 0.717) is 11.1 Å². The third-order valence-electron chi connectivity index (χ3n) is 4.37. The number of pyridine rings is 1. The van der Waals surface area contributed by atoms with Crippen LogP contribution in [0, 0.1) is 23.0 Å². The predicted molar refractivity (Wildman–Crippen MR) is 105 cm³/mol. The van der Waals surface area contributed by atoms with E-state index >= 15 is 0 Å². The van der Waals surface area contributed by atoms with Gasteiger partial charge in [-0.25, -0.2) is 13.6 Å². The topological polar surface area (TPSA) is 102 Å². The van der Waals surface area contributed by atoms with Crippen molar-refractivity contribution in [3.05, 3.63) is 93.0 Å². The van der Waals surface area contributed by atoms with E-state index in [1.807, 2.05) is 6.07 Å². The summed E-state index contributed by atoms with van der Waals surface area (Å²) >= 11 is 0. The van der Waals surface area contributed by atoms with Gasteiger partial charge in [-0.2, -0.15) is 5.26 Å². The van der Waals surface area contributed by atoms with Crippen molar-refractivity contribution in [2.45, 2.75) is 6.54 Å². The van der Waals surface area contributed by atoms with Crippen LogP contribution in [-0.4, -0.2) is 20.6 Å². The Morgan fingerprint density at radius 2 is 1.81 bits per heavy atom. The Kier molecular flexibility index (Phi) is 5.24. The molecule has 0 atom stereocenters. The first-order valence-electron chi connectivity index (χ1n) is 9.04. The summed E-state index contributed by atoms with van der Waals surface area (Å²) in [5, 5.41) is 9.09. The van der Waals surface area contributed by atoms with Gasteiger partial charge in [0.2, 0.25) is 0 Å². The van der Waals surface area contributed by atoms with Crippen molar-refractivity contribution in [3.63, 3.8) is 0 Å². The van der Waals surface area contributed by atoms with Crippen molar-refractivity contribution < 1.29 is 18.3 Å². The van der Waals surface area contributed by atoms with Gasteiger partial charge in [0, 0.05) is 36.8 Å². The fraction of sp³-hybridized carbons (Fsp3) is 0.0952. The Labute approximate surface area is 173 Å². The molecular weight excluding hydrogens is 410 g/mol. The van der Waals surface area contributed by atoms with Crippen LogP contribution in [0.15, 0.2) is 64.6 Å². The summed E-state index contributed by atoms with van der Waals surface area (Å²) in [6, 6.07) is 9.42. The summed E-state index contributed by atoms with van der Waals surface area (Å²) < 4.78 is 41.8. The van der Waals surface area contributed by atoms with Crippen LogP contribution in [0.3, 0.4) is 0 Å². The van der Waals surface area contributed by atoms with E-state index in [-0.39, 0.29) is 30.4 Å². The van der Waals surface area contributed by atoms with Gasteiger partial charge >= 0.3 is 5.69 Å². The van der Waals surface area contributed by atoms with E-state index in [1.54, 1.807) is 0 Å². The van der Waals surface area contributed by atoms with Gasteiger partial charge in [0.05, 0.1) is 17.6 Å². The number of halogens is 2. The highest BCUT2D eigenvalue weighted by Crippen LogP contribution is 2.35. The lowest BCUT2D eigenvalue weighted by Gasteiger charge is -2.14. The first kappa shape index (κ1) is 19.9. The molecule has 0 radical (unpaired) electrons. The van der Waals surface area contributed by atoms with Crippen LogP contribution in [0.5, 0.6) is 17.2 Å². The Morgan fingerprint density at radius 1 is 1.00 bits per heavy atom. The van der Waals surface area contributed by atoms with Gasteiger partial charge in [-0.1, -0.05) is 0 Å². The Bertz CT molecular complexity index is 1430. The number of rotatable bonds is 6. The largest absolute Gasteiger partial charge is 0.488 e. The minimum absolute atomic E-state index is 0.0337. The third kappa shape index (κ3) is 4.30.